The average Bonchev–Trinajstić information content (AvgIpc) is 2.28. The number of halogens is 2. The zero-order valence-corrected chi connectivity index (χ0v) is 10.9. The third kappa shape index (κ3) is 3.96. The van der Waals surface area contributed by atoms with E-state index >= 15 is 0 Å². The topological polar surface area (TPSA) is 55.1 Å². The van der Waals surface area contributed by atoms with Crippen LogP contribution < -0.4 is 11.1 Å². The number of hydrogen-bond acceptors (Lipinski definition) is 2. The third-order valence-electron chi connectivity index (χ3n) is 1.87. The maximum Gasteiger partial charge on any atom is 0.251 e. The summed E-state index contributed by atoms with van der Waals surface area (Å²) in [6, 6.07) is 5.07. The van der Waals surface area contributed by atoms with E-state index in [1.54, 1.807) is 30.4 Å². The van der Waals surface area contributed by atoms with E-state index in [1.807, 2.05) is 0 Å². The Labute approximate surface area is 108 Å². The molecule has 0 aliphatic rings. The molecular formula is C11H12BrClN2O. The molecule has 3 nitrogen and oxygen atoms in total. The maximum absolute atomic E-state index is 11.6. The molecule has 0 fully saturated rings. The summed E-state index contributed by atoms with van der Waals surface area (Å²) in [6.45, 7) is 0.934. The highest BCUT2D eigenvalue weighted by atomic mass is 79.9. The summed E-state index contributed by atoms with van der Waals surface area (Å²) in [7, 11) is 0. The van der Waals surface area contributed by atoms with E-state index in [-0.39, 0.29) is 5.91 Å². The fraction of sp³-hybridized carbons (Fsp3) is 0.182. The Bertz CT molecular complexity index is 407. The summed E-state index contributed by atoms with van der Waals surface area (Å²) in [5.41, 5.74) is 5.81. The zero-order valence-electron chi connectivity index (χ0n) is 8.54. The zero-order chi connectivity index (χ0) is 12.0. The first-order valence-electron chi connectivity index (χ1n) is 4.73. The lowest BCUT2D eigenvalue weighted by Crippen LogP contribution is -2.23. The Morgan fingerprint density at radius 2 is 2.25 bits per heavy atom. The van der Waals surface area contributed by atoms with Crippen LogP contribution in [0.15, 0.2) is 34.8 Å². The predicted molar refractivity (Wildman–Crippen MR) is 69.7 cm³/mol. The Balaban J connectivity index is 2.59. The van der Waals surface area contributed by atoms with Crippen molar-refractivity contribution in [3.05, 3.63) is 45.4 Å². The monoisotopic (exact) mass is 302 g/mol. The standard InChI is InChI=1S/C11H12BrClN2O/c12-9-4-3-8(7-10(9)13)11(16)15-6-2-1-5-14/h1-4,7H,5-6,14H2,(H,15,16)/b2-1+. The molecule has 16 heavy (non-hydrogen) atoms. The molecule has 1 amide bonds. The van der Waals surface area contributed by atoms with Gasteiger partial charge in [-0.3, -0.25) is 4.79 Å². The van der Waals surface area contributed by atoms with Gasteiger partial charge in [0.1, 0.15) is 0 Å². The van der Waals surface area contributed by atoms with E-state index in [0.717, 1.165) is 4.47 Å². The molecule has 0 saturated carbocycles. The molecule has 0 aliphatic heterocycles. The largest absolute Gasteiger partial charge is 0.349 e. The van der Waals surface area contributed by atoms with Crippen LogP contribution in [-0.2, 0) is 0 Å². The number of amides is 1. The van der Waals surface area contributed by atoms with E-state index in [4.69, 9.17) is 17.3 Å². The van der Waals surface area contributed by atoms with E-state index in [2.05, 4.69) is 21.2 Å². The summed E-state index contributed by atoms with van der Waals surface area (Å²) >= 11 is 9.15. The minimum Gasteiger partial charge on any atom is -0.349 e. The van der Waals surface area contributed by atoms with Crippen LogP contribution in [0.5, 0.6) is 0 Å². The Morgan fingerprint density at radius 3 is 2.88 bits per heavy atom. The van der Waals surface area contributed by atoms with E-state index in [0.29, 0.717) is 23.7 Å². The van der Waals surface area contributed by atoms with Gasteiger partial charge in [0.15, 0.2) is 0 Å². The molecule has 0 unspecified atom stereocenters. The number of carbonyl (C=O) groups excluding carboxylic acids is 1. The van der Waals surface area contributed by atoms with Crippen LogP contribution >= 0.6 is 27.5 Å². The minimum atomic E-state index is -0.156. The van der Waals surface area contributed by atoms with Crippen molar-refractivity contribution in [1.82, 2.24) is 5.32 Å². The molecule has 86 valence electrons. The normalized spacial score (nSPS) is 10.7. The van der Waals surface area contributed by atoms with Gasteiger partial charge in [-0.25, -0.2) is 0 Å². The lowest BCUT2D eigenvalue weighted by molar-refractivity contribution is 0.0958. The highest BCUT2D eigenvalue weighted by Crippen LogP contribution is 2.22. The number of benzene rings is 1. The molecule has 0 saturated heterocycles. The number of nitrogens with two attached hydrogens (primary N) is 1. The van der Waals surface area contributed by atoms with E-state index in [9.17, 15) is 4.79 Å². The lowest BCUT2D eigenvalue weighted by atomic mass is 10.2. The van der Waals surface area contributed by atoms with Crippen molar-refractivity contribution in [2.24, 2.45) is 5.73 Å². The number of hydrogen-bond donors (Lipinski definition) is 2. The number of rotatable bonds is 4. The predicted octanol–water partition coefficient (Wildman–Crippen LogP) is 2.35. The number of carbonyl (C=O) groups is 1. The molecule has 1 aromatic rings. The van der Waals surface area contributed by atoms with Gasteiger partial charge in [0.2, 0.25) is 0 Å². The first-order valence-corrected chi connectivity index (χ1v) is 5.90. The van der Waals surface area contributed by atoms with Crippen molar-refractivity contribution < 1.29 is 4.79 Å². The molecule has 1 aromatic carbocycles. The summed E-state index contributed by atoms with van der Waals surface area (Å²) < 4.78 is 0.772. The first-order chi connectivity index (χ1) is 7.65. The Hall–Kier alpha value is -0.840. The molecular weight excluding hydrogens is 291 g/mol. The molecule has 5 heteroatoms. The molecule has 0 bridgehead atoms. The first kappa shape index (κ1) is 13.2. The van der Waals surface area contributed by atoms with Gasteiger partial charge in [0, 0.05) is 23.1 Å². The second-order valence-corrected chi connectivity index (χ2v) is 4.31. The van der Waals surface area contributed by atoms with Crippen molar-refractivity contribution in [3.8, 4) is 0 Å². The van der Waals surface area contributed by atoms with Gasteiger partial charge < -0.3 is 11.1 Å². The third-order valence-corrected chi connectivity index (χ3v) is 3.10. The summed E-state index contributed by atoms with van der Waals surface area (Å²) in [4.78, 5) is 11.6. The molecule has 0 spiro atoms. The van der Waals surface area contributed by atoms with Crippen molar-refractivity contribution >= 4 is 33.4 Å². The number of nitrogens with one attached hydrogen (secondary N) is 1. The van der Waals surface area contributed by atoms with Crippen LogP contribution in [0, 0.1) is 0 Å². The van der Waals surface area contributed by atoms with Gasteiger partial charge in [0.05, 0.1) is 5.02 Å². The fourth-order valence-electron chi connectivity index (χ4n) is 1.07. The molecule has 0 radical (unpaired) electrons. The van der Waals surface area contributed by atoms with Crippen LogP contribution in [0.3, 0.4) is 0 Å². The Kier molecular flexibility index (Phi) is 5.52. The van der Waals surface area contributed by atoms with Crippen LogP contribution in [0.2, 0.25) is 5.02 Å². The second kappa shape index (κ2) is 6.68. The SMILES string of the molecule is NC/C=C/CNC(=O)c1ccc(Br)c(Cl)c1. The van der Waals surface area contributed by atoms with Gasteiger partial charge >= 0.3 is 0 Å². The fourth-order valence-corrected chi connectivity index (χ4v) is 1.50. The molecule has 0 aromatic heterocycles. The van der Waals surface area contributed by atoms with Crippen molar-refractivity contribution in [3.63, 3.8) is 0 Å². The van der Waals surface area contributed by atoms with Gasteiger partial charge in [-0.2, -0.15) is 0 Å². The molecule has 0 heterocycles. The van der Waals surface area contributed by atoms with Gasteiger partial charge in [-0.05, 0) is 34.1 Å². The molecule has 0 aliphatic carbocycles. The van der Waals surface area contributed by atoms with E-state index < -0.39 is 0 Å². The van der Waals surface area contributed by atoms with Crippen molar-refractivity contribution in [2.45, 2.75) is 0 Å². The van der Waals surface area contributed by atoms with Crippen LogP contribution in [0.25, 0.3) is 0 Å². The quantitative estimate of drug-likeness (QED) is 0.839. The highest BCUT2D eigenvalue weighted by molar-refractivity contribution is 9.10. The lowest BCUT2D eigenvalue weighted by Gasteiger charge is -2.03. The molecule has 3 N–H and O–H groups in total. The van der Waals surface area contributed by atoms with Gasteiger partial charge in [-0.15, -0.1) is 0 Å². The average molecular weight is 304 g/mol. The van der Waals surface area contributed by atoms with Crippen LogP contribution in [0.4, 0.5) is 0 Å². The van der Waals surface area contributed by atoms with Crippen LogP contribution in [-0.4, -0.2) is 19.0 Å². The summed E-state index contributed by atoms with van der Waals surface area (Å²) in [5.74, 6) is -0.156. The maximum atomic E-state index is 11.6. The summed E-state index contributed by atoms with van der Waals surface area (Å²) in [5, 5.41) is 3.24. The smallest absolute Gasteiger partial charge is 0.251 e. The van der Waals surface area contributed by atoms with Crippen molar-refractivity contribution in [2.75, 3.05) is 13.1 Å². The van der Waals surface area contributed by atoms with Crippen molar-refractivity contribution in [1.29, 1.82) is 0 Å². The minimum absolute atomic E-state index is 0.156. The second-order valence-electron chi connectivity index (χ2n) is 3.05. The highest BCUT2D eigenvalue weighted by Gasteiger charge is 2.06. The molecule has 0 atom stereocenters. The van der Waals surface area contributed by atoms with Crippen LogP contribution in [0.1, 0.15) is 10.4 Å². The van der Waals surface area contributed by atoms with E-state index in [1.165, 1.54) is 0 Å². The van der Waals surface area contributed by atoms with Gasteiger partial charge in [0.25, 0.3) is 5.91 Å². The summed E-state index contributed by atoms with van der Waals surface area (Å²) in [6.07, 6.45) is 3.59. The van der Waals surface area contributed by atoms with Gasteiger partial charge in [-0.1, -0.05) is 23.8 Å². The molecule has 1 rings (SSSR count). The Morgan fingerprint density at radius 1 is 1.50 bits per heavy atom.